The SMILES string of the molecule is COC(=O)CC(=O)c1c(C)n(C)c2c(O)cccc12. The van der Waals surface area contributed by atoms with Gasteiger partial charge in [0.25, 0.3) is 0 Å². The lowest BCUT2D eigenvalue weighted by molar-refractivity contribution is -0.139. The van der Waals surface area contributed by atoms with Crippen LogP contribution in [0.3, 0.4) is 0 Å². The molecule has 5 nitrogen and oxygen atoms in total. The highest BCUT2D eigenvalue weighted by Crippen LogP contribution is 2.31. The first-order chi connectivity index (χ1) is 8.97. The number of rotatable bonds is 3. The number of esters is 1. The van der Waals surface area contributed by atoms with Gasteiger partial charge < -0.3 is 14.4 Å². The molecule has 2 aromatic rings. The first-order valence-electron chi connectivity index (χ1n) is 5.84. The molecule has 1 aromatic heterocycles. The number of methoxy groups -OCH3 is 1. The summed E-state index contributed by atoms with van der Waals surface area (Å²) in [5.74, 6) is -0.762. The average molecular weight is 261 g/mol. The fourth-order valence-corrected chi connectivity index (χ4v) is 2.26. The summed E-state index contributed by atoms with van der Waals surface area (Å²) < 4.78 is 6.25. The lowest BCUT2D eigenvalue weighted by Gasteiger charge is -2.01. The van der Waals surface area contributed by atoms with Crippen LogP contribution in [0.5, 0.6) is 5.75 Å². The van der Waals surface area contributed by atoms with Gasteiger partial charge in [0.1, 0.15) is 12.2 Å². The van der Waals surface area contributed by atoms with Crippen molar-refractivity contribution in [1.82, 2.24) is 4.57 Å². The highest BCUT2D eigenvalue weighted by molar-refractivity contribution is 6.15. The zero-order valence-electron chi connectivity index (χ0n) is 11.1. The van der Waals surface area contributed by atoms with E-state index in [-0.39, 0.29) is 18.0 Å². The van der Waals surface area contributed by atoms with Crippen molar-refractivity contribution in [2.24, 2.45) is 7.05 Å². The molecule has 0 bridgehead atoms. The Kier molecular flexibility index (Phi) is 3.29. The predicted molar refractivity (Wildman–Crippen MR) is 70.3 cm³/mol. The largest absolute Gasteiger partial charge is 0.506 e. The van der Waals surface area contributed by atoms with Gasteiger partial charge in [0, 0.05) is 23.7 Å². The molecule has 0 radical (unpaired) electrons. The number of carbonyl (C=O) groups is 2. The topological polar surface area (TPSA) is 68.5 Å². The standard InChI is InChI=1S/C14H15NO4/c1-8-13(11(17)7-12(18)19-3)9-5-4-6-10(16)14(9)15(8)2/h4-6,16H,7H2,1-3H3. The van der Waals surface area contributed by atoms with Gasteiger partial charge >= 0.3 is 5.97 Å². The number of ketones is 1. The number of hydrogen-bond donors (Lipinski definition) is 1. The molecule has 0 unspecified atom stereocenters. The zero-order valence-corrected chi connectivity index (χ0v) is 11.1. The molecule has 0 saturated carbocycles. The van der Waals surface area contributed by atoms with E-state index in [0.717, 1.165) is 0 Å². The maximum absolute atomic E-state index is 12.2. The molecule has 100 valence electrons. The summed E-state index contributed by atoms with van der Waals surface area (Å²) in [5, 5.41) is 10.5. The lowest BCUT2D eigenvalue weighted by atomic mass is 10.0. The number of carbonyl (C=O) groups excluding carboxylic acids is 2. The van der Waals surface area contributed by atoms with Crippen LogP contribution >= 0.6 is 0 Å². The molecule has 0 aliphatic carbocycles. The number of nitrogens with zero attached hydrogens (tertiary/aromatic N) is 1. The molecule has 0 aliphatic rings. The van der Waals surface area contributed by atoms with Crippen LogP contribution in [0.15, 0.2) is 18.2 Å². The van der Waals surface area contributed by atoms with Gasteiger partial charge in [0.2, 0.25) is 0 Å². The molecule has 1 aromatic carbocycles. The Morgan fingerprint density at radius 3 is 2.68 bits per heavy atom. The third-order valence-electron chi connectivity index (χ3n) is 3.30. The van der Waals surface area contributed by atoms with Crippen LogP contribution in [0.2, 0.25) is 0 Å². The fraction of sp³-hybridized carbons (Fsp3) is 0.286. The van der Waals surface area contributed by atoms with E-state index in [4.69, 9.17) is 0 Å². The lowest BCUT2D eigenvalue weighted by Crippen LogP contribution is -2.10. The smallest absolute Gasteiger partial charge is 0.313 e. The number of Topliss-reactive ketones (excluding diaryl/α,β-unsaturated/α-hetero) is 1. The maximum Gasteiger partial charge on any atom is 0.313 e. The fourth-order valence-electron chi connectivity index (χ4n) is 2.26. The number of aromatic nitrogens is 1. The van der Waals surface area contributed by atoms with E-state index in [1.54, 1.807) is 36.7 Å². The Bertz CT molecular complexity index is 670. The minimum absolute atomic E-state index is 0.111. The van der Waals surface area contributed by atoms with Crippen LogP contribution in [0.25, 0.3) is 10.9 Å². The summed E-state index contributed by atoms with van der Waals surface area (Å²) >= 11 is 0. The highest BCUT2D eigenvalue weighted by Gasteiger charge is 2.22. The van der Waals surface area contributed by atoms with Gasteiger partial charge in [-0.3, -0.25) is 9.59 Å². The van der Waals surface area contributed by atoms with Gasteiger partial charge in [-0.05, 0) is 13.0 Å². The van der Waals surface area contributed by atoms with Crippen molar-refractivity contribution in [2.45, 2.75) is 13.3 Å². The van der Waals surface area contributed by atoms with Crippen LogP contribution in [-0.4, -0.2) is 28.5 Å². The molecule has 0 aliphatic heterocycles. The summed E-state index contributed by atoms with van der Waals surface area (Å²) in [4.78, 5) is 23.4. The van der Waals surface area contributed by atoms with Gasteiger partial charge in [0.15, 0.2) is 5.78 Å². The normalized spacial score (nSPS) is 10.7. The molecule has 0 atom stereocenters. The van der Waals surface area contributed by atoms with Gasteiger partial charge in [-0.2, -0.15) is 0 Å². The number of phenolic OH excluding ortho intramolecular Hbond substituents is 1. The van der Waals surface area contributed by atoms with Crippen molar-refractivity contribution in [1.29, 1.82) is 0 Å². The highest BCUT2D eigenvalue weighted by atomic mass is 16.5. The second-order valence-corrected chi connectivity index (χ2v) is 4.37. The summed E-state index contributed by atoms with van der Waals surface area (Å²) in [6, 6.07) is 4.99. The van der Waals surface area contributed by atoms with E-state index in [9.17, 15) is 14.7 Å². The van der Waals surface area contributed by atoms with E-state index < -0.39 is 5.97 Å². The Hall–Kier alpha value is -2.30. The third-order valence-corrected chi connectivity index (χ3v) is 3.30. The van der Waals surface area contributed by atoms with Crippen molar-refractivity contribution in [3.8, 4) is 5.75 Å². The first kappa shape index (κ1) is 13.1. The molecule has 0 saturated heterocycles. The van der Waals surface area contributed by atoms with Gasteiger partial charge in [0.05, 0.1) is 12.6 Å². The number of fused-ring (bicyclic) bond motifs is 1. The van der Waals surface area contributed by atoms with Crippen molar-refractivity contribution >= 4 is 22.7 Å². The molecule has 0 amide bonds. The molecule has 19 heavy (non-hydrogen) atoms. The van der Waals surface area contributed by atoms with E-state index in [1.165, 1.54) is 7.11 Å². The Balaban J connectivity index is 2.61. The van der Waals surface area contributed by atoms with Crippen LogP contribution < -0.4 is 0 Å². The quantitative estimate of drug-likeness (QED) is 0.521. The van der Waals surface area contributed by atoms with Gasteiger partial charge in [-0.15, -0.1) is 0 Å². The molecule has 0 spiro atoms. The molecular formula is C14H15NO4. The maximum atomic E-state index is 12.2. The number of aromatic hydroxyl groups is 1. The van der Waals surface area contributed by atoms with Crippen LogP contribution in [0, 0.1) is 6.92 Å². The van der Waals surface area contributed by atoms with Crippen molar-refractivity contribution in [3.05, 3.63) is 29.5 Å². The van der Waals surface area contributed by atoms with Crippen molar-refractivity contribution in [2.75, 3.05) is 7.11 Å². The van der Waals surface area contributed by atoms with Crippen LogP contribution in [0.4, 0.5) is 0 Å². The molecular weight excluding hydrogens is 246 g/mol. The summed E-state index contributed by atoms with van der Waals surface area (Å²) in [5.41, 5.74) is 1.76. The van der Waals surface area contributed by atoms with Crippen molar-refractivity contribution in [3.63, 3.8) is 0 Å². The minimum Gasteiger partial charge on any atom is -0.506 e. The second kappa shape index (κ2) is 4.76. The molecule has 1 heterocycles. The minimum atomic E-state index is -0.568. The van der Waals surface area contributed by atoms with Crippen molar-refractivity contribution < 1.29 is 19.4 Å². The predicted octanol–water partition coefficient (Wildman–Crippen LogP) is 1.94. The number of benzene rings is 1. The molecule has 2 rings (SSSR count). The zero-order chi connectivity index (χ0) is 14.2. The summed E-state index contributed by atoms with van der Waals surface area (Å²) in [6.45, 7) is 1.78. The second-order valence-electron chi connectivity index (χ2n) is 4.37. The number of aryl methyl sites for hydroxylation is 1. The van der Waals surface area contributed by atoms with E-state index in [2.05, 4.69) is 4.74 Å². The molecule has 5 heteroatoms. The van der Waals surface area contributed by atoms with Crippen LogP contribution in [0.1, 0.15) is 22.5 Å². The first-order valence-corrected chi connectivity index (χ1v) is 5.84. The number of ether oxygens (including phenoxy) is 1. The number of para-hydroxylation sites is 1. The Labute approximate surface area is 110 Å². The van der Waals surface area contributed by atoms with E-state index in [0.29, 0.717) is 22.2 Å². The molecule has 1 N–H and O–H groups in total. The Morgan fingerprint density at radius 1 is 1.37 bits per heavy atom. The summed E-state index contributed by atoms with van der Waals surface area (Å²) in [6.07, 6.45) is -0.299. The Morgan fingerprint density at radius 2 is 2.05 bits per heavy atom. The third kappa shape index (κ3) is 2.07. The monoisotopic (exact) mass is 261 g/mol. The van der Waals surface area contributed by atoms with Crippen LogP contribution in [-0.2, 0) is 16.6 Å². The van der Waals surface area contributed by atoms with Gasteiger partial charge in [-0.25, -0.2) is 0 Å². The molecule has 0 fully saturated rings. The number of hydrogen-bond acceptors (Lipinski definition) is 4. The van der Waals surface area contributed by atoms with Gasteiger partial charge in [-0.1, -0.05) is 12.1 Å². The average Bonchev–Trinajstić information content (AvgIpc) is 2.63. The number of phenols is 1. The van der Waals surface area contributed by atoms with E-state index in [1.807, 2.05) is 0 Å². The summed E-state index contributed by atoms with van der Waals surface area (Å²) in [7, 11) is 3.02. The van der Waals surface area contributed by atoms with E-state index >= 15 is 0 Å².